The van der Waals surface area contributed by atoms with Crippen molar-refractivity contribution in [2.45, 2.75) is 58.5 Å². The topological polar surface area (TPSA) is 239 Å². The Kier molecular flexibility index (Phi) is 23.8. The third kappa shape index (κ3) is 20.3. The number of nitrogens with one attached hydrogen (secondary N) is 2. The Hall–Kier alpha value is -5.51. The number of nitro benzene ring substituents is 2. The van der Waals surface area contributed by atoms with E-state index in [0.717, 1.165) is 52.0 Å². The molecule has 0 spiro atoms. The first-order valence-electron chi connectivity index (χ1n) is 22.8. The average Bonchev–Trinajstić information content (AvgIpc) is 3.93. The highest BCUT2D eigenvalue weighted by molar-refractivity contribution is 6.35. The van der Waals surface area contributed by atoms with E-state index in [1.54, 1.807) is 17.0 Å². The predicted molar refractivity (Wildman–Crippen MR) is 274 cm³/mol. The van der Waals surface area contributed by atoms with Crippen molar-refractivity contribution in [1.82, 2.24) is 14.7 Å². The molecule has 4 N–H and O–H groups in total. The van der Waals surface area contributed by atoms with Crippen LogP contribution < -0.4 is 15.4 Å². The number of halogens is 4. The minimum absolute atomic E-state index is 0.0130. The molecule has 0 aromatic heterocycles. The van der Waals surface area contributed by atoms with Crippen molar-refractivity contribution in [2.75, 3.05) is 89.4 Å². The molecule has 3 aliphatic heterocycles. The number of non-ortho nitro benzene ring substituents is 2. The molecule has 23 heteroatoms. The van der Waals surface area contributed by atoms with E-state index in [0.29, 0.717) is 37.0 Å². The molecule has 3 saturated heterocycles. The number of aromatic hydroxyl groups is 1. The number of aliphatic hydroxyl groups excluding tert-OH is 1. The lowest BCUT2D eigenvalue weighted by molar-refractivity contribution is -0.385. The molecule has 4 aromatic rings. The number of likely N-dealkylation sites (tertiary alicyclic amines) is 1. The zero-order valence-corrected chi connectivity index (χ0v) is 42.7. The number of benzene rings is 4. The first kappa shape index (κ1) is 58.1. The van der Waals surface area contributed by atoms with E-state index in [1.165, 1.54) is 86.7 Å². The number of carbonyl (C=O) groups is 3. The van der Waals surface area contributed by atoms with Gasteiger partial charge in [0.15, 0.2) is 0 Å². The number of rotatable bonds is 12. The monoisotopic (exact) mass is 1070 g/mol. The van der Waals surface area contributed by atoms with Crippen molar-refractivity contribution in [2.24, 2.45) is 0 Å². The number of nitrogens with zero attached hydrogens (tertiary/aromatic N) is 5. The zero-order chi connectivity index (χ0) is 52.1. The summed E-state index contributed by atoms with van der Waals surface area (Å²) in [6.45, 7) is 14.8. The molecular formula is C48H59Cl4N7O12. The van der Waals surface area contributed by atoms with Gasteiger partial charge in [-0.1, -0.05) is 52.8 Å². The number of piperidine rings is 1. The van der Waals surface area contributed by atoms with Gasteiger partial charge in [0.05, 0.1) is 49.0 Å². The number of β-amino-alcohol motifs (C(OH)–C–C–N with tert-alkyl or cyclic N) is 1. The molecule has 0 atom stereocenters. The van der Waals surface area contributed by atoms with Crippen LogP contribution in [0.2, 0.25) is 20.1 Å². The van der Waals surface area contributed by atoms with Crippen LogP contribution in [0.1, 0.15) is 73.6 Å². The summed E-state index contributed by atoms with van der Waals surface area (Å²) in [6.07, 6.45) is 5.98. The third-order valence-corrected chi connectivity index (χ3v) is 11.7. The third-order valence-electron chi connectivity index (χ3n) is 10.6. The standard InChI is InChI=1S/C20H21Cl2N3O4.C13H8Cl2N2O4.C11H22N2O3.C4H8O/c21-14-4-7-19(29-11-10-24-8-2-1-3-9-24)16(12-14)20(26)23-18-6-5-15(25(27)28)13-17(18)22;14-7-1-4-12(18)9(5-7)13(19)16-11-3-2-8(17(20)21)6-10(11)15;1-11(2,3)16-10(15)13-6-4-12(5-7-13)8-9-14;1-2-4-5-3-1/h4-7,12-13H,1-3,8-11H2,(H,23,26);1-6,18H,(H,16,19);14H,4-9H2,1-3H3;1-4H2. The van der Waals surface area contributed by atoms with Gasteiger partial charge in [0.25, 0.3) is 23.2 Å². The van der Waals surface area contributed by atoms with Crippen molar-refractivity contribution < 1.29 is 48.7 Å². The Morgan fingerprint density at radius 1 is 0.676 bits per heavy atom. The fourth-order valence-electron chi connectivity index (χ4n) is 6.91. The van der Waals surface area contributed by atoms with Gasteiger partial charge in [-0.05, 0) is 108 Å². The van der Waals surface area contributed by atoms with Gasteiger partial charge in [-0.15, -0.1) is 0 Å². The van der Waals surface area contributed by atoms with Crippen molar-refractivity contribution in [3.63, 3.8) is 0 Å². The van der Waals surface area contributed by atoms with Crippen LogP contribution in [0.15, 0.2) is 72.8 Å². The number of phenolic OH excluding ortho intramolecular Hbond substituents is 1. The van der Waals surface area contributed by atoms with Crippen molar-refractivity contribution in [3.8, 4) is 11.5 Å². The second kappa shape index (κ2) is 29.1. The second-order valence-electron chi connectivity index (χ2n) is 17.2. The van der Waals surface area contributed by atoms with Crippen LogP contribution in [0.25, 0.3) is 0 Å². The number of carbonyl (C=O) groups excluding carboxylic acids is 3. The number of anilines is 2. The summed E-state index contributed by atoms with van der Waals surface area (Å²) in [7, 11) is 0. The fraction of sp³-hybridized carbons (Fsp3) is 0.438. The minimum atomic E-state index is -0.634. The highest BCUT2D eigenvalue weighted by Gasteiger charge is 2.26. The van der Waals surface area contributed by atoms with Crippen LogP contribution in [-0.2, 0) is 9.47 Å². The van der Waals surface area contributed by atoms with E-state index >= 15 is 0 Å². The number of hydrogen-bond donors (Lipinski definition) is 4. The quantitative estimate of drug-likeness (QED) is 0.0763. The molecule has 3 heterocycles. The van der Waals surface area contributed by atoms with Gasteiger partial charge < -0.3 is 40.0 Å². The first-order chi connectivity index (χ1) is 33.7. The molecule has 19 nitrogen and oxygen atoms in total. The maximum atomic E-state index is 12.8. The van der Waals surface area contributed by atoms with Crippen LogP contribution in [0.4, 0.5) is 27.5 Å². The number of aliphatic hydroxyl groups is 1. The number of amides is 3. The summed E-state index contributed by atoms with van der Waals surface area (Å²) >= 11 is 23.8. The fourth-order valence-corrected chi connectivity index (χ4v) is 7.70. The maximum Gasteiger partial charge on any atom is 0.410 e. The van der Waals surface area contributed by atoms with E-state index < -0.39 is 27.3 Å². The van der Waals surface area contributed by atoms with Crippen molar-refractivity contribution in [1.29, 1.82) is 0 Å². The van der Waals surface area contributed by atoms with E-state index in [4.69, 9.17) is 65.7 Å². The van der Waals surface area contributed by atoms with Gasteiger partial charge in [-0.2, -0.15) is 0 Å². The Balaban J connectivity index is 0.000000229. The molecule has 3 aliphatic rings. The van der Waals surface area contributed by atoms with Crippen LogP contribution >= 0.6 is 46.4 Å². The lowest BCUT2D eigenvalue weighted by Crippen LogP contribution is -2.50. The van der Waals surface area contributed by atoms with Gasteiger partial charge in [-0.3, -0.25) is 39.6 Å². The van der Waals surface area contributed by atoms with Crippen molar-refractivity contribution in [3.05, 3.63) is 124 Å². The first-order valence-corrected chi connectivity index (χ1v) is 24.3. The van der Waals surface area contributed by atoms with Crippen LogP contribution in [0.5, 0.6) is 11.5 Å². The van der Waals surface area contributed by atoms with E-state index in [9.17, 15) is 39.7 Å². The maximum absolute atomic E-state index is 12.8. The summed E-state index contributed by atoms with van der Waals surface area (Å²) in [5.41, 5.74) is -0.0870. The number of nitro groups is 2. The molecule has 4 aromatic carbocycles. The van der Waals surface area contributed by atoms with Crippen LogP contribution in [0.3, 0.4) is 0 Å². The Morgan fingerprint density at radius 2 is 1.18 bits per heavy atom. The molecule has 3 amide bonds. The largest absolute Gasteiger partial charge is 0.507 e. The number of piperazine rings is 1. The number of hydrogen-bond acceptors (Lipinski definition) is 14. The normalized spacial score (nSPS) is 14.8. The summed E-state index contributed by atoms with van der Waals surface area (Å²) in [5.74, 6) is -0.918. The van der Waals surface area contributed by atoms with Crippen molar-refractivity contribution >= 4 is 87.1 Å². The van der Waals surface area contributed by atoms with Crippen LogP contribution in [-0.4, -0.2) is 137 Å². The molecular weight excluding hydrogens is 1010 g/mol. The minimum Gasteiger partial charge on any atom is -0.507 e. The predicted octanol–water partition coefficient (Wildman–Crippen LogP) is 10.2. The molecule has 0 saturated carbocycles. The molecule has 0 radical (unpaired) electrons. The number of phenols is 1. The van der Waals surface area contributed by atoms with Crippen LogP contribution in [0, 0.1) is 20.2 Å². The molecule has 7 rings (SSSR count). The molecule has 0 aliphatic carbocycles. The molecule has 0 unspecified atom stereocenters. The average molecular weight is 1070 g/mol. The van der Waals surface area contributed by atoms with E-state index in [-0.39, 0.29) is 67.4 Å². The van der Waals surface area contributed by atoms with E-state index in [2.05, 4.69) is 20.4 Å². The van der Waals surface area contributed by atoms with Gasteiger partial charge in [-0.25, -0.2) is 4.79 Å². The molecule has 386 valence electrons. The highest BCUT2D eigenvalue weighted by atomic mass is 35.5. The summed E-state index contributed by atoms with van der Waals surface area (Å²) in [5, 5.41) is 45.7. The Labute approximate surface area is 432 Å². The van der Waals surface area contributed by atoms with Gasteiger partial charge in [0.2, 0.25) is 0 Å². The summed E-state index contributed by atoms with van der Waals surface area (Å²) in [6, 6.07) is 16.3. The zero-order valence-electron chi connectivity index (χ0n) is 39.7. The smallest absolute Gasteiger partial charge is 0.410 e. The van der Waals surface area contributed by atoms with Gasteiger partial charge >= 0.3 is 6.09 Å². The highest BCUT2D eigenvalue weighted by Crippen LogP contribution is 2.31. The number of ether oxygens (including phenoxy) is 3. The lowest BCUT2D eigenvalue weighted by atomic mass is 10.1. The Bertz CT molecular complexity index is 2420. The molecule has 0 bridgehead atoms. The molecule has 71 heavy (non-hydrogen) atoms. The Morgan fingerprint density at radius 3 is 1.66 bits per heavy atom. The second-order valence-corrected chi connectivity index (χ2v) is 18.8. The van der Waals surface area contributed by atoms with Gasteiger partial charge in [0.1, 0.15) is 23.7 Å². The summed E-state index contributed by atoms with van der Waals surface area (Å²) < 4.78 is 16.1. The van der Waals surface area contributed by atoms with E-state index in [1.807, 2.05) is 20.8 Å². The SMILES string of the molecule is C1CCOC1.CC(C)(C)OC(=O)N1CCN(CCO)CC1.O=C(Nc1ccc([N+](=O)[O-])cc1Cl)c1cc(Cl)ccc1O.O=C(Nc1ccc([N+](=O)[O-])cc1Cl)c1cc(Cl)ccc1OCCN1CCCCC1. The van der Waals surface area contributed by atoms with Gasteiger partial charge in [0, 0.05) is 86.8 Å². The summed E-state index contributed by atoms with van der Waals surface area (Å²) in [4.78, 5) is 63.0. The lowest BCUT2D eigenvalue weighted by Gasteiger charge is -2.35. The molecule has 3 fully saturated rings.